The Kier molecular flexibility index (Phi) is 5.55. The number of ether oxygens (including phenoxy) is 1. The van der Waals surface area contributed by atoms with Crippen molar-refractivity contribution in [3.63, 3.8) is 0 Å². The van der Waals surface area contributed by atoms with E-state index in [1.54, 1.807) is 12.4 Å². The first kappa shape index (κ1) is 20.1. The summed E-state index contributed by atoms with van der Waals surface area (Å²) in [6.07, 6.45) is 4.96. The lowest BCUT2D eigenvalue weighted by Gasteiger charge is -2.27. The van der Waals surface area contributed by atoms with Crippen LogP contribution in [0.4, 0.5) is 11.6 Å². The minimum atomic E-state index is -0.235. The molecule has 3 heterocycles. The molecule has 156 valence electrons. The van der Waals surface area contributed by atoms with Crippen LogP contribution in [-0.2, 0) is 13.0 Å². The van der Waals surface area contributed by atoms with Gasteiger partial charge in [0, 0.05) is 24.8 Å². The molecule has 1 aromatic carbocycles. The molecule has 0 saturated heterocycles. The zero-order valence-corrected chi connectivity index (χ0v) is 17.7. The third kappa shape index (κ3) is 4.07. The van der Waals surface area contributed by atoms with E-state index in [0.29, 0.717) is 11.7 Å². The number of fused-ring (bicyclic) bond motifs is 1. The van der Waals surface area contributed by atoms with Crippen molar-refractivity contribution in [2.24, 2.45) is 0 Å². The number of nitrogens with two attached hydrogens (primary N) is 2. The van der Waals surface area contributed by atoms with E-state index in [9.17, 15) is 0 Å². The number of nitrogen functional groups attached to an aromatic ring is 2. The summed E-state index contributed by atoms with van der Waals surface area (Å²) in [6.45, 7) is 6.23. The van der Waals surface area contributed by atoms with Gasteiger partial charge in [0.15, 0.2) is 5.82 Å². The fraction of sp³-hybridized carbons (Fsp3) is 0.348. The van der Waals surface area contributed by atoms with E-state index in [1.165, 1.54) is 16.7 Å². The maximum Gasteiger partial charge on any atom is 0.258 e. The van der Waals surface area contributed by atoms with Crippen molar-refractivity contribution >= 4 is 11.6 Å². The van der Waals surface area contributed by atoms with Crippen LogP contribution in [0.15, 0.2) is 36.7 Å². The molecule has 0 aliphatic carbocycles. The summed E-state index contributed by atoms with van der Waals surface area (Å²) >= 11 is 0. The molecule has 30 heavy (non-hydrogen) atoms. The molecule has 1 aliphatic rings. The molecule has 4 rings (SSSR count). The first-order valence-corrected chi connectivity index (χ1v) is 10.3. The number of benzene rings is 1. The van der Waals surface area contributed by atoms with E-state index in [-0.39, 0.29) is 11.9 Å². The third-order valence-corrected chi connectivity index (χ3v) is 5.61. The van der Waals surface area contributed by atoms with Gasteiger partial charge in [0.25, 0.3) is 5.88 Å². The average molecular weight is 405 g/mol. The second-order valence-electron chi connectivity index (χ2n) is 7.89. The van der Waals surface area contributed by atoms with Crippen LogP contribution in [-0.4, -0.2) is 33.4 Å². The Hall–Kier alpha value is -3.19. The van der Waals surface area contributed by atoms with Crippen LogP contribution in [0.25, 0.3) is 11.3 Å². The van der Waals surface area contributed by atoms with Crippen LogP contribution in [0.5, 0.6) is 5.88 Å². The van der Waals surface area contributed by atoms with Gasteiger partial charge in [-0.05, 0) is 73.3 Å². The van der Waals surface area contributed by atoms with E-state index in [0.717, 1.165) is 42.8 Å². The molecule has 0 bridgehead atoms. The lowest BCUT2D eigenvalue weighted by Crippen LogP contribution is -2.27. The SMILES string of the molecule is CCC(Oc1nc(-c2cc(C)c3c(c2)CN(C)CC3)cnc1N)c1ccnc(N)c1. The van der Waals surface area contributed by atoms with Gasteiger partial charge >= 0.3 is 0 Å². The van der Waals surface area contributed by atoms with E-state index >= 15 is 0 Å². The van der Waals surface area contributed by atoms with Crippen molar-refractivity contribution < 1.29 is 4.74 Å². The van der Waals surface area contributed by atoms with Crippen LogP contribution >= 0.6 is 0 Å². The smallest absolute Gasteiger partial charge is 0.258 e. The fourth-order valence-electron chi connectivity index (χ4n) is 4.00. The van der Waals surface area contributed by atoms with Crippen LogP contribution in [0.3, 0.4) is 0 Å². The van der Waals surface area contributed by atoms with Gasteiger partial charge in [-0.15, -0.1) is 0 Å². The Morgan fingerprint density at radius 1 is 1.20 bits per heavy atom. The summed E-state index contributed by atoms with van der Waals surface area (Å²) in [6, 6.07) is 8.09. The molecule has 4 N–H and O–H groups in total. The van der Waals surface area contributed by atoms with Gasteiger partial charge in [0.1, 0.15) is 11.9 Å². The number of hydrogen-bond donors (Lipinski definition) is 2. The quantitative estimate of drug-likeness (QED) is 0.670. The Balaban J connectivity index is 1.67. The Labute approximate surface area is 177 Å². The first-order valence-electron chi connectivity index (χ1n) is 10.3. The zero-order chi connectivity index (χ0) is 21.3. The molecule has 0 saturated carbocycles. The standard InChI is InChI=1S/C23H28N6O/c1-4-20(15-5-7-26-21(24)11-15)30-23-22(25)27-12-19(28-23)16-9-14(2)18-6-8-29(3)13-17(18)10-16/h5,7,9-12,20H,4,6,8,13H2,1-3H3,(H2,24,26)(H2,25,27). The second-order valence-corrected chi connectivity index (χ2v) is 7.89. The van der Waals surface area contributed by atoms with Crippen LogP contribution in [0, 0.1) is 6.92 Å². The maximum absolute atomic E-state index is 6.17. The predicted octanol–water partition coefficient (Wildman–Crippen LogP) is 3.53. The number of likely N-dealkylation sites (N-methyl/N-ethyl adjacent to an activating group) is 1. The Morgan fingerprint density at radius 2 is 2.03 bits per heavy atom. The topological polar surface area (TPSA) is 103 Å². The van der Waals surface area contributed by atoms with Crippen LogP contribution in [0.1, 0.15) is 41.7 Å². The molecule has 7 heteroatoms. The van der Waals surface area contributed by atoms with E-state index < -0.39 is 0 Å². The largest absolute Gasteiger partial charge is 0.467 e. The van der Waals surface area contributed by atoms with Gasteiger partial charge in [-0.1, -0.05) is 6.92 Å². The average Bonchev–Trinajstić information content (AvgIpc) is 2.72. The van der Waals surface area contributed by atoms with Gasteiger partial charge in [-0.2, -0.15) is 0 Å². The molecule has 0 amide bonds. The normalized spacial score (nSPS) is 14.9. The highest BCUT2D eigenvalue weighted by molar-refractivity contribution is 5.64. The number of nitrogens with zero attached hydrogens (tertiary/aromatic N) is 4. The molecule has 7 nitrogen and oxygen atoms in total. The highest BCUT2D eigenvalue weighted by Gasteiger charge is 2.19. The fourth-order valence-corrected chi connectivity index (χ4v) is 4.00. The van der Waals surface area contributed by atoms with Gasteiger partial charge in [0.2, 0.25) is 0 Å². The van der Waals surface area contributed by atoms with Crippen molar-refractivity contribution in [2.45, 2.75) is 39.3 Å². The number of pyridine rings is 1. The molecular formula is C23H28N6O. The number of aromatic nitrogens is 3. The molecule has 2 aromatic heterocycles. The third-order valence-electron chi connectivity index (χ3n) is 5.61. The maximum atomic E-state index is 6.17. The summed E-state index contributed by atoms with van der Waals surface area (Å²) in [5.41, 5.74) is 18.7. The number of rotatable bonds is 5. The predicted molar refractivity (Wildman–Crippen MR) is 119 cm³/mol. The number of anilines is 2. The van der Waals surface area contributed by atoms with Crippen molar-refractivity contribution in [2.75, 3.05) is 25.1 Å². The summed E-state index contributed by atoms with van der Waals surface area (Å²) in [7, 11) is 2.15. The first-order chi connectivity index (χ1) is 14.4. The Morgan fingerprint density at radius 3 is 2.80 bits per heavy atom. The molecule has 1 aliphatic heterocycles. The summed E-state index contributed by atoms with van der Waals surface area (Å²) < 4.78 is 6.17. The zero-order valence-electron chi connectivity index (χ0n) is 17.7. The summed E-state index contributed by atoms with van der Waals surface area (Å²) in [4.78, 5) is 15.5. The highest BCUT2D eigenvalue weighted by atomic mass is 16.5. The molecule has 0 fully saturated rings. The van der Waals surface area contributed by atoms with Crippen LogP contribution in [0.2, 0.25) is 0 Å². The minimum Gasteiger partial charge on any atom is -0.467 e. The Bertz CT molecular complexity index is 1070. The molecule has 3 aromatic rings. The minimum absolute atomic E-state index is 0.235. The molecule has 1 atom stereocenters. The monoisotopic (exact) mass is 404 g/mol. The van der Waals surface area contributed by atoms with Gasteiger partial charge in [-0.3, -0.25) is 0 Å². The van der Waals surface area contributed by atoms with Gasteiger partial charge in [0.05, 0.1) is 11.9 Å². The van der Waals surface area contributed by atoms with Crippen LogP contribution < -0.4 is 16.2 Å². The highest BCUT2D eigenvalue weighted by Crippen LogP contribution is 2.32. The molecular weight excluding hydrogens is 376 g/mol. The van der Waals surface area contributed by atoms with E-state index in [2.05, 4.69) is 41.0 Å². The van der Waals surface area contributed by atoms with Crippen molar-refractivity contribution in [3.8, 4) is 17.1 Å². The van der Waals surface area contributed by atoms with Gasteiger partial charge in [-0.25, -0.2) is 15.0 Å². The van der Waals surface area contributed by atoms with Crippen molar-refractivity contribution in [3.05, 3.63) is 58.9 Å². The van der Waals surface area contributed by atoms with Crippen molar-refractivity contribution in [1.82, 2.24) is 19.9 Å². The summed E-state index contributed by atoms with van der Waals surface area (Å²) in [5.74, 6) is 1.06. The lowest BCUT2D eigenvalue weighted by molar-refractivity contribution is 0.193. The number of hydrogen-bond acceptors (Lipinski definition) is 7. The molecule has 0 radical (unpaired) electrons. The van der Waals surface area contributed by atoms with E-state index in [4.69, 9.17) is 21.2 Å². The lowest BCUT2D eigenvalue weighted by atomic mass is 9.92. The molecule has 1 unspecified atom stereocenters. The molecule has 0 spiro atoms. The number of aryl methyl sites for hydroxylation is 1. The van der Waals surface area contributed by atoms with Crippen molar-refractivity contribution in [1.29, 1.82) is 0 Å². The second kappa shape index (κ2) is 8.28. The van der Waals surface area contributed by atoms with E-state index in [1.807, 2.05) is 19.1 Å². The summed E-state index contributed by atoms with van der Waals surface area (Å²) in [5, 5.41) is 0. The van der Waals surface area contributed by atoms with Gasteiger partial charge < -0.3 is 21.1 Å².